The minimum Gasteiger partial charge on any atom is -0.353 e. The summed E-state index contributed by atoms with van der Waals surface area (Å²) in [6.07, 6.45) is 2.93. The lowest BCUT2D eigenvalue weighted by molar-refractivity contribution is -0.122. The van der Waals surface area contributed by atoms with Gasteiger partial charge in [-0.15, -0.1) is 24.8 Å². The lowest BCUT2D eigenvalue weighted by atomic mass is 10.0. The summed E-state index contributed by atoms with van der Waals surface area (Å²) in [6, 6.07) is 17.3. The van der Waals surface area contributed by atoms with Crippen molar-refractivity contribution in [1.29, 1.82) is 0 Å². The number of carbonyl (C=O) groups excluding carboxylic acids is 1. The van der Waals surface area contributed by atoms with Crippen LogP contribution in [0.4, 0.5) is 0 Å². The summed E-state index contributed by atoms with van der Waals surface area (Å²) in [5.74, 6) is -0.111. The maximum atomic E-state index is 12.5. The van der Waals surface area contributed by atoms with E-state index in [0.717, 1.165) is 29.2 Å². The fourth-order valence-corrected chi connectivity index (χ4v) is 3.71. The molecule has 0 aromatic heterocycles. The van der Waals surface area contributed by atoms with E-state index in [1.54, 1.807) is 0 Å². The third-order valence-corrected chi connectivity index (χ3v) is 5.15. The first-order valence-electron chi connectivity index (χ1n) is 9.20. The first kappa shape index (κ1) is 24.7. The third-order valence-electron chi connectivity index (χ3n) is 4.92. The van der Waals surface area contributed by atoms with Gasteiger partial charge in [0.25, 0.3) is 0 Å². The van der Waals surface area contributed by atoms with E-state index in [9.17, 15) is 4.79 Å². The van der Waals surface area contributed by atoms with Crippen molar-refractivity contribution in [3.8, 4) is 0 Å². The van der Waals surface area contributed by atoms with Gasteiger partial charge in [-0.2, -0.15) is 0 Å². The molecule has 3 rings (SSSR count). The van der Waals surface area contributed by atoms with Crippen molar-refractivity contribution < 1.29 is 4.79 Å². The SMILES string of the molecule is Cl.Cl.NC(Cc1ccccc1)C(=O)NCC(c1cccc(Cl)c1)N1CCCC1. The summed E-state index contributed by atoms with van der Waals surface area (Å²) >= 11 is 6.17. The second-order valence-electron chi connectivity index (χ2n) is 6.86. The maximum Gasteiger partial charge on any atom is 0.237 e. The molecule has 0 radical (unpaired) electrons. The summed E-state index contributed by atoms with van der Waals surface area (Å²) in [4.78, 5) is 14.9. The molecule has 2 unspecified atom stereocenters. The zero-order valence-corrected chi connectivity index (χ0v) is 18.1. The van der Waals surface area contributed by atoms with E-state index < -0.39 is 6.04 Å². The van der Waals surface area contributed by atoms with Gasteiger partial charge in [0.05, 0.1) is 12.1 Å². The van der Waals surface area contributed by atoms with Gasteiger partial charge in [0.15, 0.2) is 0 Å². The van der Waals surface area contributed by atoms with Crippen LogP contribution in [0.5, 0.6) is 0 Å². The zero-order chi connectivity index (χ0) is 18.4. The van der Waals surface area contributed by atoms with Crippen LogP contribution in [0.2, 0.25) is 5.02 Å². The normalized spacial score (nSPS) is 15.8. The Balaban J connectivity index is 0.00000196. The van der Waals surface area contributed by atoms with E-state index in [1.165, 1.54) is 12.8 Å². The number of likely N-dealkylation sites (tertiary alicyclic amines) is 1. The van der Waals surface area contributed by atoms with Crippen molar-refractivity contribution in [1.82, 2.24) is 10.2 Å². The van der Waals surface area contributed by atoms with Crippen LogP contribution in [-0.2, 0) is 11.2 Å². The Morgan fingerprint density at radius 1 is 1.07 bits per heavy atom. The highest BCUT2D eigenvalue weighted by Crippen LogP contribution is 2.26. The Bertz CT molecular complexity index is 724. The first-order valence-corrected chi connectivity index (χ1v) is 9.58. The van der Waals surface area contributed by atoms with Crippen molar-refractivity contribution in [2.75, 3.05) is 19.6 Å². The van der Waals surface area contributed by atoms with Crippen molar-refractivity contribution in [2.45, 2.75) is 31.3 Å². The number of nitrogens with two attached hydrogens (primary N) is 1. The fourth-order valence-electron chi connectivity index (χ4n) is 3.51. The van der Waals surface area contributed by atoms with E-state index in [0.29, 0.717) is 13.0 Å². The molecule has 28 heavy (non-hydrogen) atoms. The molecule has 1 saturated heterocycles. The molecular formula is C21H28Cl3N3O. The first-order chi connectivity index (χ1) is 12.6. The van der Waals surface area contributed by atoms with Gasteiger partial charge in [-0.05, 0) is 55.6 Å². The molecular weight excluding hydrogens is 417 g/mol. The summed E-state index contributed by atoms with van der Waals surface area (Å²) in [5, 5.41) is 3.77. The van der Waals surface area contributed by atoms with Gasteiger partial charge in [-0.25, -0.2) is 0 Å². The smallest absolute Gasteiger partial charge is 0.237 e. The molecule has 3 N–H and O–H groups in total. The average Bonchev–Trinajstić information content (AvgIpc) is 3.17. The molecule has 1 aliphatic rings. The van der Waals surface area contributed by atoms with Crippen LogP contribution in [0.15, 0.2) is 54.6 Å². The van der Waals surface area contributed by atoms with Crippen molar-refractivity contribution >= 4 is 42.3 Å². The molecule has 2 aromatic carbocycles. The van der Waals surface area contributed by atoms with Crippen LogP contribution in [0.3, 0.4) is 0 Å². The Hall–Kier alpha value is -1.30. The number of amides is 1. The van der Waals surface area contributed by atoms with Crippen molar-refractivity contribution in [3.05, 3.63) is 70.7 Å². The molecule has 0 spiro atoms. The molecule has 4 nitrogen and oxygen atoms in total. The third kappa shape index (κ3) is 6.94. The summed E-state index contributed by atoms with van der Waals surface area (Å²) < 4.78 is 0. The van der Waals surface area contributed by atoms with Gasteiger partial charge in [0.2, 0.25) is 5.91 Å². The van der Waals surface area contributed by atoms with Crippen molar-refractivity contribution in [2.24, 2.45) is 5.73 Å². The number of benzene rings is 2. The van der Waals surface area contributed by atoms with Gasteiger partial charge in [-0.1, -0.05) is 54.1 Å². The highest BCUT2D eigenvalue weighted by atomic mass is 35.5. The van der Waals surface area contributed by atoms with E-state index in [-0.39, 0.29) is 36.8 Å². The fraction of sp³-hybridized carbons (Fsp3) is 0.381. The zero-order valence-electron chi connectivity index (χ0n) is 15.7. The highest BCUT2D eigenvalue weighted by Gasteiger charge is 2.25. The number of carbonyl (C=O) groups is 1. The molecule has 0 bridgehead atoms. The molecule has 7 heteroatoms. The van der Waals surface area contributed by atoms with Crippen molar-refractivity contribution in [3.63, 3.8) is 0 Å². The minimum absolute atomic E-state index is 0. The topological polar surface area (TPSA) is 58.4 Å². The van der Waals surface area contributed by atoms with Crippen LogP contribution in [0.25, 0.3) is 0 Å². The quantitative estimate of drug-likeness (QED) is 0.678. The predicted octanol–water partition coefficient (Wildman–Crippen LogP) is 4.01. The second kappa shape index (κ2) is 12.3. The molecule has 1 fully saturated rings. The van der Waals surface area contributed by atoms with Gasteiger partial charge in [0.1, 0.15) is 0 Å². The highest BCUT2D eigenvalue weighted by molar-refractivity contribution is 6.30. The largest absolute Gasteiger partial charge is 0.353 e. The summed E-state index contributed by atoms with van der Waals surface area (Å²) in [5.41, 5.74) is 8.31. The maximum absolute atomic E-state index is 12.5. The van der Waals surface area contributed by atoms with Gasteiger partial charge in [-0.3, -0.25) is 9.69 Å². The van der Waals surface area contributed by atoms with Crippen LogP contribution in [0.1, 0.15) is 30.0 Å². The Kier molecular flexibility index (Phi) is 10.9. The molecule has 2 aromatic rings. The number of halogens is 3. The van der Waals surface area contributed by atoms with Gasteiger partial charge >= 0.3 is 0 Å². The molecule has 1 heterocycles. The summed E-state index contributed by atoms with van der Waals surface area (Å²) in [7, 11) is 0. The van der Waals surface area contributed by atoms with E-state index in [2.05, 4.69) is 16.3 Å². The minimum atomic E-state index is -0.545. The average molecular weight is 445 g/mol. The molecule has 1 amide bonds. The molecule has 2 atom stereocenters. The standard InChI is InChI=1S/C21H26ClN3O.2ClH/c22-18-10-6-9-17(14-18)20(25-11-4-5-12-25)15-24-21(26)19(23)13-16-7-2-1-3-8-16;;/h1-3,6-10,14,19-20H,4-5,11-13,15,23H2,(H,24,26);2*1H. The Labute approximate surface area is 184 Å². The van der Waals surface area contributed by atoms with E-state index in [4.69, 9.17) is 17.3 Å². The molecule has 0 saturated carbocycles. The summed E-state index contributed by atoms with van der Waals surface area (Å²) in [6.45, 7) is 2.63. The predicted molar refractivity (Wildman–Crippen MR) is 121 cm³/mol. The number of rotatable bonds is 7. The van der Waals surface area contributed by atoms with Crippen LogP contribution < -0.4 is 11.1 Å². The number of nitrogens with zero attached hydrogens (tertiary/aromatic N) is 1. The van der Waals surface area contributed by atoms with Gasteiger partial charge < -0.3 is 11.1 Å². The molecule has 1 aliphatic heterocycles. The Morgan fingerprint density at radius 3 is 2.39 bits per heavy atom. The molecule has 154 valence electrons. The number of hydrogen-bond donors (Lipinski definition) is 2. The van der Waals surface area contributed by atoms with Crippen LogP contribution in [-0.4, -0.2) is 36.5 Å². The van der Waals surface area contributed by atoms with E-state index in [1.807, 2.05) is 48.5 Å². The number of nitrogens with one attached hydrogen (secondary N) is 1. The van der Waals surface area contributed by atoms with Crippen LogP contribution >= 0.6 is 36.4 Å². The lowest BCUT2D eigenvalue weighted by Gasteiger charge is -2.29. The Morgan fingerprint density at radius 2 is 1.75 bits per heavy atom. The second-order valence-corrected chi connectivity index (χ2v) is 7.29. The van der Waals surface area contributed by atoms with E-state index >= 15 is 0 Å². The monoisotopic (exact) mass is 443 g/mol. The van der Waals surface area contributed by atoms with Crippen LogP contribution in [0, 0.1) is 0 Å². The molecule has 0 aliphatic carbocycles. The lowest BCUT2D eigenvalue weighted by Crippen LogP contribution is -2.45. The van der Waals surface area contributed by atoms with Gasteiger partial charge in [0, 0.05) is 11.6 Å². The number of hydrogen-bond acceptors (Lipinski definition) is 3.